The molecule has 0 amide bonds. The Bertz CT molecular complexity index is 506. The van der Waals surface area contributed by atoms with Gasteiger partial charge in [-0.15, -0.1) is 12.4 Å². The van der Waals surface area contributed by atoms with Gasteiger partial charge in [0.2, 0.25) is 0 Å². The van der Waals surface area contributed by atoms with E-state index in [4.69, 9.17) is 5.73 Å². The Morgan fingerprint density at radius 3 is 2.59 bits per heavy atom. The molecule has 4 heteroatoms. The topological polar surface area (TPSA) is 38.9 Å². The summed E-state index contributed by atoms with van der Waals surface area (Å²) in [7, 11) is 0. The molecule has 2 nitrogen and oxygen atoms in total. The summed E-state index contributed by atoms with van der Waals surface area (Å²) in [5, 5.41) is 4.31. The highest BCUT2D eigenvalue weighted by Gasteiger charge is 2.34. The van der Waals surface area contributed by atoms with Crippen molar-refractivity contribution < 1.29 is 0 Å². The number of rotatable bonds is 2. The van der Waals surface area contributed by atoms with Gasteiger partial charge in [0.1, 0.15) is 0 Å². The first-order valence-electron chi connectivity index (χ1n) is 5.50. The molecule has 2 heterocycles. The smallest absolute Gasteiger partial charge is 0.0713 e. The molecule has 90 valence electrons. The average Bonchev–Trinajstić information content (AvgIpc) is 2.86. The highest BCUT2D eigenvalue weighted by atomic mass is 35.5. The number of hydrogen-bond donors (Lipinski definition) is 1. The SMILES string of the molecule is Cc1cscc1-c1ccc([C@H]2C[C@@H]2N)cn1.Cl. The fraction of sp³-hybridized carbons (Fsp3) is 0.308. The molecule has 1 fully saturated rings. The molecule has 17 heavy (non-hydrogen) atoms. The van der Waals surface area contributed by atoms with Crippen LogP contribution < -0.4 is 5.73 Å². The van der Waals surface area contributed by atoms with Crippen molar-refractivity contribution >= 4 is 23.7 Å². The monoisotopic (exact) mass is 266 g/mol. The van der Waals surface area contributed by atoms with E-state index in [1.54, 1.807) is 11.3 Å². The van der Waals surface area contributed by atoms with E-state index in [9.17, 15) is 0 Å². The Kier molecular flexibility index (Phi) is 3.52. The number of pyridine rings is 1. The first-order valence-corrected chi connectivity index (χ1v) is 6.44. The van der Waals surface area contributed by atoms with Gasteiger partial charge in [-0.1, -0.05) is 6.07 Å². The van der Waals surface area contributed by atoms with Crippen molar-refractivity contribution in [3.63, 3.8) is 0 Å². The molecule has 0 unspecified atom stereocenters. The van der Waals surface area contributed by atoms with Crippen molar-refractivity contribution in [1.29, 1.82) is 0 Å². The summed E-state index contributed by atoms with van der Waals surface area (Å²) in [6, 6.07) is 4.63. The van der Waals surface area contributed by atoms with Crippen LogP contribution in [-0.2, 0) is 0 Å². The molecule has 1 aliphatic carbocycles. The summed E-state index contributed by atoms with van der Waals surface area (Å²) in [6.07, 6.45) is 3.09. The van der Waals surface area contributed by atoms with Gasteiger partial charge < -0.3 is 5.73 Å². The van der Waals surface area contributed by atoms with Crippen LogP contribution in [0.4, 0.5) is 0 Å². The van der Waals surface area contributed by atoms with E-state index in [-0.39, 0.29) is 12.4 Å². The van der Waals surface area contributed by atoms with E-state index in [0.717, 1.165) is 12.1 Å². The maximum Gasteiger partial charge on any atom is 0.0713 e. The quantitative estimate of drug-likeness (QED) is 0.905. The van der Waals surface area contributed by atoms with Crippen molar-refractivity contribution in [3.8, 4) is 11.3 Å². The van der Waals surface area contributed by atoms with Crippen LogP contribution in [0.15, 0.2) is 29.1 Å². The third kappa shape index (κ3) is 2.37. The summed E-state index contributed by atoms with van der Waals surface area (Å²) in [5.74, 6) is 0.546. The van der Waals surface area contributed by atoms with E-state index in [1.807, 2.05) is 6.20 Å². The molecule has 0 bridgehead atoms. The molecule has 2 aromatic heterocycles. The van der Waals surface area contributed by atoms with Crippen LogP contribution in [0.5, 0.6) is 0 Å². The Hall–Kier alpha value is -0.900. The number of nitrogens with two attached hydrogens (primary N) is 1. The first kappa shape index (κ1) is 12.6. The van der Waals surface area contributed by atoms with Gasteiger partial charge in [0.05, 0.1) is 5.69 Å². The van der Waals surface area contributed by atoms with Gasteiger partial charge in [-0.05, 0) is 35.9 Å². The van der Waals surface area contributed by atoms with E-state index >= 15 is 0 Å². The normalized spacial score (nSPS) is 22.0. The van der Waals surface area contributed by atoms with Crippen LogP contribution in [0.25, 0.3) is 11.3 Å². The molecular formula is C13H15ClN2S. The second kappa shape index (κ2) is 4.77. The zero-order valence-corrected chi connectivity index (χ0v) is 11.2. The summed E-state index contributed by atoms with van der Waals surface area (Å²) in [4.78, 5) is 4.53. The maximum atomic E-state index is 5.83. The van der Waals surface area contributed by atoms with Gasteiger partial charge in [0, 0.05) is 29.1 Å². The van der Waals surface area contributed by atoms with Gasteiger partial charge in [-0.3, -0.25) is 4.98 Å². The van der Waals surface area contributed by atoms with Crippen LogP contribution in [0, 0.1) is 6.92 Å². The summed E-state index contributed by atoms with van der Waals surface area (Å²) in [6.45, 7) is 2.12. The molecule has 2 N–H and O–H groups in total. The van der Waals surface area contributed by atoms with E-state index in [0.29, 0.717) is 12.0 Å². The number of thiophene rings is 1. The zero-order chi connectivity index (χ0) is 11.1. The lowest BCUT2D eigenvalue weighted by Crippen LogP contribution is -2.01. The Labute approximate surface area is 111 Å². The van der Waals surface area contributed by atoms with E-state index in [1.165, 1.54) is 16.7 Å². The third-order valence-electron chi connectivity index (χ3n) is 3.19. The molecular weight excluding hydrogens is 252 g/mol. The minimum Gasteiger partial charge on any atom is -0.327 e. The lowest BCUT2D eigenvalue weighted by Gasteiger charge is -2.02. The number of aryl methyl sites for hydroxylation is 1. The third-order valence-corrected chi connectivity index (χ3v) is 4.05. The van der Waals surface area contributed by atoms with Crippen LogP contribution in [0.2, 0.25) is 0 Å². The van der Waals surface area contributed by atoms with Crippen LogP contribution >= 0.6 is 23.7 Å². The molecule has 0 aromatic carbocycles. The van der Waals surface area contributed by atoms with Gasteiger partial charge in [0.25, 0.3) is 0 Å². The first-order chi connectivity index (χ1) is 7.75. The lowest BCUT2D eigenvalue weighted by atomic mass is 10.1. The predicted molar refractivity (Wildman–Crippen MR) is 74.9 cm³/mol. The number of halogens is 1. The highest BCUT2D eigenvalue weighted by molar-refractivity contribution is 7.08. The standard InChI is InChI=1S/C13H14N2S.ClH/c1-8-6-16-7-11(8)13-3-2-9(5-15-13)10-4-12(10)14;/h2-3,5-7,10,12H,4,14H2,1H3;1H/t10-,12+;/m1./s1. The Balaban J connectivity index is 0.00000108. The van der Waals surface area contributed by atoms with Gasteiger partial charge in [-0.2, -0.15) is 11.3 Å². The summed E-state index contributed by atoms with van der Waals surface area (Å²) >= 11 is 1.72. The van der Waals surface area contributed by atoms with Gasteiger partial charge in [-0.25, -0.2) is 0 Å². The molecule has 1 aliphatic rings. The minimum atomic E-state index is 0. The van der Waals surface area contributed by atoms with Crippen LogP contribution in [0.1, 0.15) is 23.5 Å². The van der Waals surface area contributed by atoms with Crippen molar-refractivity contribution in [1.82, 2.24) is 4.98 Å². The molecule has 1 saturated carbocycles. The maximum absolute atomic E-state index is 5.83. The van der Waals surface area contributed by atoms with Crippen molar-refractivity contribution in [3.05, 3.63) is 40.2 Å². The zero-order valence-electron chi connectivity index (χ0n) is 9.59. The highest BCUT2D eigenvalue weighted by Crippen LogP contribution is 2.39. The molecule has 0 spiro atoms. The molecule has 2 aromatic rings. The largest absolute Gasteiger partial charge is 0.327 e. The minimum absolute atomic E-state index is 0. The average molecular weight is 267 g/mol. The second-order valence-corrected chi connectivity index (χ2v) is 5.19. The Morgan fingerprint density at radius 1 is 1.35 bits per heavy atom. The van der Waals surface area contributed by atoms with Crippen LogP contribution in [0.3, 0.4) is 0 Å². The number of aromatic nitrogens is 1. The summed E-state index contributed by atoms with van der Waals surface area (Å²) < 4.78 is 0. The van der Waals surface area contributed by atoms with Crippen molar-refractivity contribution in [2.45, 2.75) is 25.3 Å². The van der Waals surface area contributed by atoms with E-state index < -0.39 is 0 Å². The molecule has 0 saturated heterocycles. The van der Waals surface area contributed by atoms with Crippen LogP contribution in [-0.4, -0.2) is 11.0 Å². The molecule has 0 radical (unpaired) electrons. The van der Waals surface area contributed by atoms with Crippen molar-refractivity contribution in [2.75, 3.05) is 0 Å². The molecule has 0 aliphatic heterocycles. The van der Waals surface area contributed by atoms with Gasteiger partial charge >= 0.3 is 0 Å². The molecule has 2 atom stereocenters. The fourth-order valence-electron chi connectivity index (χ4n) is 2.00. The number of hydrogen-bond acceptors (Lipinski definition) is 3. The Morgan fingerprint density at radius 2 is 2.12 bits per heavy atom. The summed E-state index contributed by atoms with van der Waals surface area (Å²) in [5.41, 5.74) is 10.7. The lowest BCUT2D eigenvalue weighted by molar-refractivity contribution is 0.981. The number of nitrogens with zero attached hydrogens (tertiary/aromatic N) is 1. The van der Waals surface area contributed by atoms with Crippen molar-refractivity contribution in [2.24, 2.45) is 5.73 Å². The molecule has 3 rings (SSSR count). The van der Waals surface area contributed by atoms with Gasteiger partial charge in [0.15, 0.2) is 0 Å². The predicted octanol–water partition coefficient (Wildman–Crippen LogP) is 3.35. The fourth-order valence-corrected chi connectivity index (χ4v) is 2.85. The van der Waals surface area contributed by atoms with E-state index in [2.05, 4.69) is 34.8 Å². The second-order valence-electron chi connectivity index (χ2n) is 4.45.